The summed E-state index contributed by atoms with van der Waals surface area (Å²) >= 11 is 5.82. The Morgan fingerprint density at radius 2 is 1.55 bits per heavy atom. The number of rotatable bonds is 7. The molecule has 3 rings (SSSR count). The second-order valence-electron chi connectivity index (χ2n) is 7.26. The van der Waals surface area contributed by atoms with Gasteiger partial charge in [-0.3, -0.25) is 0 Å². The van der Waals surface area contributed by atoms with Crippen molar-refractivity contribution in [3.63, 3.8) is 0 Å². The zero-order valence-electron chi connectivity index (χ0n) is 16.1. The lowest BCUT2D eigenvalue weighted by Crippen LogP contribution is -2.47. The van der Waals surface area contributed by atoms with Gasteiger partial charge in [0.2, 0.25) is 10.0 Å². The third-order valence-corrected chi connectivity index (χ3v) is 6.84. The molecule has 0 radical (unpaired) electrons. The summed E-state index contributed by atoms with van der Waals surface area (Å²) in [5, 5.41) is 6.36. The van der Waals surface area contributed by atoms with E-state index in [9.17, 15) is 13.2 Å². The van der Waals surface area contributed by atoms with Crippen molar-refractivity contribution in [1.29, 1.82) is 0 Å². The van der Waals surface area contributed by atoms with Gasteiger partial charge in [0.05, 0.1) is 4.90 Å². The molecule has 2 amide bonds. The number of carbonyl (C=O) groups excluding carboxylic acids is 1. The van der Waals surface area contributed by atoms with Crippen LogP contribution in [0.1, 0.15) is 31.2 Å². The van der Waals surface area contributed by atoms with Crippen molar-refractivity contribution in [2.24, 2.45) is 0 Å². The third kappa shape index (κ3) is 6.73. The van der Waals surface area contributed by atoms with E-state index in [1.165, 1.54) is 17.7 Å². The molecule has 1 aliphatic rings. The van der Waals surface area contributed by atoms with Crippen LogP contribution in [0, 0.1) is 0 Å². The zero-order chi connectivity index (χ0) is 20.7. The van der Waals surface area contributed by atoms with Gasteiger partial charge in [0, 0.05) is 23.7 Å². The Morgan fingerprint density at radius 1 is 0.931 bits per heavy atom. The maximum absolute atomic E-state index is 12.5. The fourth-order valence-corrected chi connectivity index (χ4v) is 4.89. The molecule has 2 aromatic carbocycles. The first kappa shape index (κ1) is 21.6. The smallest absolute Gasteiger partial charge is 0.315 e. The van der Waals surface area contributed by atoms with Gasteiger partial charge >= 0.3 is 6.03 Å². The van der Waals surface area contributed by atoms with E-state index in [1.807, 2.05) is 30.3 Å². The van der Waals surface area contributed by atoms with Crippen LogP contribution in [-0.4, -0.2) is 33.1 Å². The molecule has 0 spiro atoms. The predicted octanol–water partition coefficient (Wildman–Crippen LogP) is 3.47. The van der Waals surface area contributed by atoms with E-state index in [-0.39, 0.29) is 23.0 Å². The van der Waals surface area contributed by atoms with Crippen LogP contribution in [-0.2, 0) is 16.4 Å². The summed E-state index contributed by atoms with van der Waals surface area (Å²) in [5.41, 5.74) is 1.18. The lowest BCUT2D eigenvalue weighted by molar-refractivity contribution is 0.230. The molecule has 156 valence electrons. The number of sulfonamides is 1. The largest absolute Gasteiger partial charge is 0.338 e. The first-order valence-corrected chi connectivity index (χ1v) is 11.6. The van der Waals surface area contributed by atoms with Gasteiger partial charge in [-0.25, -0.2) is 17.9 Å². The predicted molar refractivity (Wildman–Crippen MR) is 114 cm³/mol. The number of hydrogen-bond donors (Lipinski definition) is 3. The van der Waals surface area contributed by atoms with Gasteiger partial charge in [-0.05, 0) is 61.9 Å². The van der Waals surface area contributed by atoms with Crippen molar-refractivity contribution in [2.75, 3.05) is 6.54 Å². The Balaban J connectivity index is 1.38. The number of carbonyl (C=O) groups is 1. The standard InChI is InChI=1S/C21H26ClN3O3S/c22-17-6-12-20(13-7-17)29(27,28)25-19-10-8-18(9-11-19)24-21(26)23-15-14-16-4-2-1-3-5-16/h1-7,12-13,18-19,25H,8-11,14-15H2,(H2,23,24,26). The van der Waals surface area contributed by atoms with Crippen LogP contribution < -0.4 is 15.4 Å². The molecular weight excluding hydrogens is 410 g/mol. The highest BCUT2D eigenvalue weighted by atomic mass is 35.5. The van der Waals surface area contributed by atoms with Crippen molar-refractivity contribution in [3.05, 3.63) is 65.2 Å². The lowest BCUT2D eigenvalue weighted by Gasteiger charge is -2.29. The van der Waals surface area contributed by atoms with E-state index in [0.29, 0.717) is 24.4 Å². The summed E-state index contributed by atoms with van der Waals surface area (Å²) in [7, 11) is -3.56. The van der Waals surface area contributed by atoms with E-state index in [1.54, 1.807) is 12.1 Å². The minimum absolute atomic E-state index is 0.0583. The number of benzene rings is 2. The van der Waals surface area contributed by atoms with Crippen LogP contribution in [0.15, 0.2) is 59.5 Å². The van der Waals surface area contributed by atoms with Crippen molar-refractivity contribution in [2.45, 2.75) is 49.1 Å². The average Bonchev–Trinajstić information content (AvgIpc) is 2.70. The second-order valence-corrected chi connectivity index (χ2v) is 9.41. The minimum Gasteiger partial charge on any atom is -0.338 e. The van der Waals surface area contributed by atoms with Crippen molar-refractivity contribution in [1.82, 2.24) is 15.4 Å². The molecule has 0 heterocycles. The molecule has 8 heteroatoms. The van der Waals surface area contributed by atoms with Crippen LogP contribution in [0.4, 0.5) is 4.79 Å². The SMILES string of the molecule is O=C(NCCc1ccccc1)NC1CCC(NS(=O)(=O)c2ccc(Cl)cc2)CC1. The first-order valence-electron chi connectivity index (χ1n) is 9.78. The topological polar surface area (TPSA) is 87.3 Å². The molecule has 0 atom stereocenters. The Hall–Kier alpha value is -2.09. The Labute approximate surface area is 177 Å². The van der Waals surface area contributed by atoms with Crippen molar-refractivity contribution in [3.8, 4) is 0 Å². The van der Waals surface area contributed by atoms with Gasteiger partial charge in [-0.1, -0.05) is 41.9 Å². The van der Waals surface area contributed by atoms with Gasteiger partial charge in [0.25, 0.3) is 0 Å². The average molecular weight is 436 g/mol. The molecular formula is C21H26ClN3O3S. The van der Waals surface area contributed by atoms with Crippen LogP contribution in [0.5, 0.6) is 0 Å². The summed E-state index contributed by atoms with van der Waals surface area (Å²) in [6, 6.07) is 15.9. The first-order chi connectivity index (χ1) is 13.9. The number of nitrogens with one attached hydrogen (secondary N) is 3. The van der Waals surface area contributed by atoms with E-state index in [0.717, 1.165) is 19.3 Å². The van der Waals surface area contributed by atoms with Gasteiger partial charge in [-0.15, -0.1) is 0 Å². The number of amides is 2. The molecule has 29 heavy (non-hydrogen) atoms. The molecule has 0 unspecified atom stereocenters. The molecule has 6 nitrogen and oxygen atoms in total. The summed E-state index contributed by atoms with van der Waals surface area (Å²) in [6.45, 7) is 0.575. The molecule has 3 N–H and O–H groups in total. The van der Waals surface area contributed by atoms with Crippen molar-refractivity contribution < 1.29 is 13.2 Å². The Kier molecular flexibility index (Phi) is 7.52. The number of hydrogen-bond acceptors (Lipinski definition) is 3. The van der Waals surface area contributed by atoms with Gasteiger partial charge in [0.1, 0.15) is 0 Å². The van der Waals surface area contributed by atoms with Crippen LogP contribution >= 0.6 is 11.6 Å². The fraction of sp³-hybridized carbons (Fsp3) is 0.381. The monoisotopic (exact) mass is 435 g/mol. The summed E-state index contributed by atoms with van der Waals surface area (Å²) in [6.07, 6.45) is 3.62. The second kappa shape index (κ2) is 10.1. The highest BCUT2D eigenvalue weighted by Gasteiger charge is 2.26. The van der Waals surface area contributed by atoms with E-state index in [2.05, 4.69) is 15.4 Å². The number of halogens is 1. The summed E-state index contributed by atoms with van der Waals surface area (Å²) in [4.78, 5) is 12.3. The lowest BCUT2D eigenvalue weighted by atomic mass is 9.92. The minimum atomic E-state index is -3.56. The molecule has 0 bridgehead atoms. The highest BCUT2D eigenvalue weighted by Crippen LogP contribution is 2.21. The normalized spacial score (nSPS) is 19.5. The highest BCUT2D eigenvalue weighted by molar-refractivity contribution is 7.89. The summed E-state index contributed by atoms with van der Waals surface area (Å²) < 4.78 is 27.7. The van der Waals surface area contributed by atoms with Gasteiger partial charge in [0.15, 0.2) is 0 Å². The molecule has 0 aromatic heterocycles. The molecule has 0 saturated heterocycles. The summed E-state index contributed by atoms with van der Waals surface area (Å²) in [5.74, 6) is 0. The van der Waals surface area contributed by atoms with Gasteiger partial charge in [-0.2, -0.15) is 0 Å². The maximum Gasteiger partial charge on any atom is 0.315 e. The van der Waals surface area contributed by atoms with E-state index < -0.39 is 10.0 Å². The third-order valence-electron chi connectivity index (χ3n) is 5.05. The van der Waals surface area contributed by atoms with Crippen LogP contribution in [0.2, 0.25) is 5.02 Å². The van der Waals surface area contributed by atoms with Gasteiger partial charge < -0.3 is 10.6 Å². The molecule has 1 aliphatic carbocycles. The zero-order valence-corrected chi connectivity index (χ0v) is 17.7. The molecule has 1 fully saturated rings. The fourth-order valence-electron chi connectivity index (χ4n) is 3.46. The maximum atomic E-state index is 12.5. The van der Waals surface area contributed by atoms with Crippen LogP contribution in [0.3, 0.4) is 0 Å². The van der Waals surface area contributed by atoms with E-state index in [4.69, 9.17) is 11.6 Å². The van der Waals surface area contributed by atoms with Crippen LogP contribution in [0.25, 0.3) is 0 Å². The quantitative estimate of drug-likeness (QED) is 0.622. The number of urea groups is 1. The Morgan fingerprint density at radius 3 is 2.21 bits per heavy atom. The Bertz CT molecular complexity index is 897. The molecule has 2 aromatic rings. The van der Waals surface area contributed by atoms with E-state index >= 15 is 0 Å². The molecule has 1 saturated carbocycles. The van der Waals surface area contributed by atoms with Crippen molar-refractivity contribution >= 4 is 27.7 Å². The molecule has 0 aliphatic heterocycles.